The Morgan fingerprint density at radius 3 is 2.44 bits per heavy atom. The van der Waals surface area contributed by atoms with Crippen LogP contribution in [0.5, 0.6) is 5.88 Å². The van der Waals surface area contributed by atoms with Gasteiger partial charge < -0.3 is 9.47 Å². The maximum atomic E-state index is 12.0. The van der Waals surface area contributed by atoms with Gasteiger partial charge in [0.25, 0.3) is 0 Å². The van der Waals surface area contributed by atoms with Crippen LogP contribution in [0.1, 0.15) is 52.6 Å². The summed E-state index contributed by atoms with van der Waals surface area (Å²) in [5.41, 5.74) is 9.70. The summed E-state index contributed by atoms with van der Waals surface area (Å²) < 4.78 is 11.2. The fourth-order valence-electron chi connectivity index (χ4n) is 4.56. The third-order valence-electron chi connectivity index (χ3n) is 6.48. The minimum absolute atomic E-state index is 0.0301. The van der Waals surface area contributed by atoms with Gasteiger partial charge in [0.05, 0.1) is 12.5 Å². The van der Waals surface area contributed by atoms with Gasteiger partial charge in [-0.2, -0.15) is 0 Å². The number of carbonyl (C=O) groups excluding carboxylic acids is 1. The van der Waals surface area contributed by atoms with Crippen molar-refractivity contribution in [3.8, 4) is 17.0 Å². The summed E-state index contributed by atoms with van der Waals surface area (Å²) in [6.07, 6.45) is 2.69. The highest BCUT2D eigenvalue weighted by atomic mass is 16.5. The molecule has 2 atom stereocenters. The molecule has 2 aromatic carbocycles. The Morgan fingerprint density at radius 2 is 1.75 bits per heavy atom. The van der Waals surface area contributed by atoms with E-state index in [1.807, 2.05) is 19.2 Å². The quantitative estimate of drug-likeness (QED) is 0.418. The van der Waals surface area contributed by atoms with Crippen LogP contribution in [0.15, 0.2) is 48.7 Å². The Morgan fingerprint density at radius 1 is 1.03 bits per heavy atom. The van der Waals surface area contributed by atoms with Gasteiger partial charge in [-0.05, 0) is 91.5 Å². The van der Waals surface area contributed by atoms with Crippen LogP contribution in [-0.2, 0) is 16.1 Å². The second-order valence-electron chi connectivity index (χ2n) is 8.73. The van der Waals surface area contributed by atoms with Gasteiger partial charge in [0.1, 0.15) is 6.61 Å². The van der Waals surface area contributed by atoms with Crippen LogP contribution in [0.25, 0.3) is 11.1 Å². The Kier molecular flexibility index (Phi) is 6.31. The number of nitrogens with zero attached hydrogens (tertiary/aromatic N) is 1. The highest BCUT2D eigenvalue weighted by molar-refractivity contribution is 5.77. The molecule has 1 aromatic heterocycles. The minimum Gasteiger partial charge on any atom is -0.473 e. The van der Waals surface area contributed by atoms with Gasteiger partial charge in [0.15, 0.2) is 0 Å². The summed E-state index contributed by atoms with van der Waals surface area (Å²) in [4.78, 5) is 16.5. The standard InChI is InChI=1S/C28H31NO3/c1-6-31-28(30)24-14-23(24)25-15-29-26(13-19(25)4)32-16-21-11-8-12-22(20(21)5)27-17(2)9-7-10-18(27)3/h7-13,15,23-24H,6,14,16H2,1-5H3/t23-,24+/m1/s1. The molecule has 3 aromatic rings. The zero-order valence-corrected chi connectivity index (χ0v) is 19.6. The molecule has 1 aliphatic carbocycles. The number of esters is 1. The Bertz CT molecular complexity index is 1130. The topological polar surface area (TPSA) is 48.4 Å². The monoisotopic (exact) mass is 429 g/mol. The predicted octanol–water partition coefficient (Wildman–Crippen LogP) is 6.23. The molecule has 1 fully saturated rings. The van der Waals surface area contributed by atoms with Gasteiger partial charge in [-0.1, -0.05) is 36.4 Å². The Labute approximate surface area is 190 Å². The van der Waals surface area contributed by atoms with E-state index in [0.717, 1.165) is 23.1 Å². The van der Waals surface area contributed by atoms with Crippen LogP contribution in [0.3, 0.4) is 0 Å². The molecule has 0 bridgehead atoms. The van der Waals surface area contributed by atoms with Gasteiger partial charge in [-0.15, -0.1) is 0 Å². The normalized spacial score (nSPS) is 17.2. The molecule has 0 unspecified atom stereocenters. The molecular weight excluding hydrogens is 398 g/mol. The van der Waals surface area contributed by atoms with E-state index >= 15 is 0 Å². The van der Waals surface area contributed by atoms with E-state index in [1.165, 1.54) is 27.8 Å². The lowest BCUT2D eigenvalue weighted by atomic mass is 9.91. The first kappa shape index (κ1) is 22.1. The molecule has 0 radical (unpaired) electrons. The number of benzene rings is 2. The third-order valence-corrected chi connectivity index (χ3v) is 6.48. The van der Waals surface area contributed by atoms with E-state index in [2.05, 4.69) is 69.1 Å². The summed E-state index contributed by atoms with van der Waals surface area (Å²) in [7, 11) is 0. The maximum absolute atomic E-state index is 12.0. The van der Waals surface area contributed by atoms with Gasteiger partial charge in [0.2, 0.25) is 5.88 Å². The summed E-state index contributed by atoms with van der Waals surface area (Å²) in [5, 5.41) is 0. The number of aromatic nitrogens is 1. The number of carbonyl (C=O) groups is 1. The zero-order chi connectivity index (χ0) is 22.8. The van der Waals surface area contributed by atoms with Crippen LogP contribution < -0.4 is 4.74 Å². The fourth-order valence-corrected chi connectivity index (χ4v) is 4.56. The van der Waals surface area contributed by atoms with Crippen molar-refractivity contribution in [3.63, 3.8) is 0 Å². The van der Waals surface area contributed by atoms with Crippen molar-refractivity contribution in [2.45, 2.75) is 53.6 Å². The molecule has 0 spiro atoms. The number of rotatable bonds is 7. The van der Waals surface area contributed by atoms with Crippen LogP contribution in [0.4, 0.5) is 0 Å². The van der Waals surface area contributed by atoms with Crippen LogP contribution >= 0.6 is 0 Å². The second kappa shape index (κ2) is 9.15. The average Bonchev–Trinajstić information content (AvgIpc) is 3.55. The lowest BCUT2D eigenvalue weighted by Gasteiger charge is -2.16. The van der Waals surface area contributed by atoms with E-state index in [0.29, 0.717) is 19.1 Å². The number of pyridine rings is 1. The molecule has 4 nitrogen and oxygen atoms in total. The van der Waals surface area contributed by atoms with Crippen molar-refractivity contribution in [1.82, 2.24) is 4.98 Å². The van der Waals surface area contributed by atoms with E-state index in [-0.39, 0.29) is 17.8 Å². The lowest BCUT2D eigenvalue weighted by Crippen LogP contribution is -2.07. The number of hydrogen-bond acceptors (Lipinski definition) is 4. The van der Waals surface area contributed by atoms with E-state index in [9.17, 15) is 4.79 Å². The summed E-state index contributed by atoms with van der Waals surface area (Å²) in [5.74, 6) is 0.692. The molecule has 32 heavy (non-hydrogen) atoms. The smallest absolute Gasteiger partial charge is 0.309 e. The molecule has 0 aliphatic heterocycles. The average molecular weight is 430 g/mol. The minimum atomic E-state index is -0.100. The molecular formula is C28H31NO3. The molecule has 166 valence electrons. The van der Waals surface area contributed by atoms with E-state index < -0.39 is 0 Å². The zero-order valence-electron chi connectivity index (χ0n) is 19.6. The van der Waals surface area contributed by atoms with Crippen molar-refractivity contribution >= 4 is 5.97 Å². The van der Waals surface area contributed by atoms with Crippen molar-refractivity contribution in [2.24, 2.45) is 5.92 Å². The van der Waals surface area contributed by atoms with Gasteiger partial charge in [0, 0.05) is 12.3 Å². The molecule has 4 heteroatoms. The van der Waals surface area contributed by atoms with Gasteiger partial charge in [-0.25, -0.2) is 4.98 Å². The number of aryl methyl sites for hydroxylation is 3. The summed E-state index contributed by atoms with van der Waals surface area (Å²) in [6.45, 7) is 11.3. The largest absolute Gasteiger partial charge is 0.473 e. The van der Waals surface area contributed by atoms with E-state index in [4.69, 9.17) is 9.47 Å². The highest BCUT2D eigenvalue weighted by Gasteiger charge is 2.46. The first-order valence-electron chi connectivity index (χ1n) is 11.3. The molecule has 1 aliphatic rings. The van der Waals surface area contributed by atoms with Gasteiger partial charge >= 0.3 is 5.97 Å². The van der Waals surface area contributed by atoms with Crippen LogP contribution in [-0.4, -0.2) is 17.6 Å². The van der Waals surface area contributed by atoms with Crippen molar-refractivity contribution in [1.29, 1.82) is 0 Å². The molecule has 4 rings (SSSR count). The molecule has 0 N–H and O–H groups in total. The molecule has 0 saturated heterocycles. The van der Waals surface area contributed by atoms with Crippen molar-refractivity contribution in [3.05, 3.63) is 82.0 Å². The summed E-state index contributed by atoms with van der Waals surface area (Å²) >= 11 is 0. The summed E-state index contributed by atoms with van der Waals surface area (Å²) in [6, 6.07) is 14.8. The third kappa shape index (κ3) is 4.40. The molecule has 0 amide bonds. The Balaban J connectivity index is 1.48. The Hall–Kier alpha value is -3.14. The molecule has 1 heterocycles. The first-order valence-corrected chi connectivity index (χ1v) is 11.3. The fraction of sp³-hybridized carbons (Fsp3) is 0.357. The lowest BCUT2D eigenvalue weighted by molar-refractivity contribution is -0.144. The van der Waals surface area contributed by atoms with E-state index in [1.54, 1.807) is 0 Å². The first-order chi connectivity index (χ1) is 15.4. The maximum Gasteiger partial charge on any atom is 0.309 e. The van der Waals surface area contributed by atoms with Crippen molar-refractivity contribution < 1.29 is 14.3 Å². The van der Waals surface area contributed by atoms with Crippen LogP contribution in [0, 0.1) is 33.6 Å². The highest BCUT2D eigenvalue weighted by Crippen LogP contribution is 2.49. The number of ether oxygens (including phenoxy) is 2. The predicted molar refractivity (Wildman–Crippen MR) is 127 cm³/mol. The van der Waals surface area contributed by atoms with Gasteiger partial charge in [-0.3, -0.25) is 4.79 Å². The van der Waals surface area contributed by atoms with Crippen molar-refractivity contribution in [2.75, 3.05) is 6.61 Å². The number of hydrogen-bond donors (Lipinski definition) is 0. The molecule has 1 saturated carbocycles. The second-order valence-corrected chi connectivity index (χ2v) is 8.73. The van der Waals surface area contributed by atoms with Crippen LogP contribution in [0.2, 0.25) is 0 Å². The SMILES string of the molecule is CCOC(=O)[C@H]1C[C@H]1c1cnc(OCc2cccc(-c3c(C)cccc3C)c2C)cc1C.